The van der Waals surface area contributed by atoms with Gasteiger partial charge in [-0.25, -0.2) is 9.79 Å². The smallest absolute Gasteiger partial charge is 0.338 e. The minimum absolute atomic E-state index is 0.0222. The summed E-state index contributed by atoms with van der Waals surface area (Å²) < 4.78 is 7.18. The zero-order chi connectivity index (χ0) is 22.1. The molecule has 0 N–H and O–H groups in total. The highest BCUT2D eigenvalue weighted by atomic mass is 32.1. The van der Waals surface area contributed by atoms with E-state index in [4.69, 9.17) is 4.74 Å². The Morgan fingerprint density at radius 2 is 2.06 bits per heavy atom. The standard InChI is InChI=1S/C21H17N3O5S2/c1-3-29-20(26)17-12(2)22-21-23(18(17)15-5-4-10-30-15)19(25)16(31-21)11-13-6-8-14(9-7-13)24(27)28/h4-11,18H,3H2,1-2H3/b16-11-/t18-/m0/s1. The van der Waals surface area contributed by atoms with Gasteiger partial charge in [-0.1, -0.05) is 17.4 Å². The number of nitrogens with zero attached hydrogens (tertiary/aromatic N) is 3. The summed E-state index contributed by atoms with van der Waals surface area (Å²) in [5, 5.41) is 12.7. The number of nitro benzene ring substituents is 1. The van der Waals surface area contributed by atoms with Gasteiger partial charge in [-0.05, 0) is 49.1 Å². The van der Waals surface area contributed by atoms with Crippen molar-refractivity contribution in [1.82, 2.24) is 4.57 Å². The number of hydrogen-bond acceptors (Lipinski definition) is 8. The highest BCUT2D eigenvalue weighted by molar-refractivity contribution is 7.10. The molecule has 31 heavy (non-hydrogen) atoms. The molecule has 3 heterocycles. The van der Waals surface area contributed by atoms with Gasteiger partial charge in [0.1, 0.15) is 6.04 Å². The number of non-ortho nitro benzene ring substituents is 1. The zero-order valence-electron chi connectivity index (χ0n) is 16.6. The van der Waals surface area contributed by atoms with Gasteiger partial charge in [0.25, 0.3) is 11.2 Å². The fourth-order valence-corrected chi connectivity index (χ4v) is 5.22. The van der Waals surface area contributed by atoms with Crippen LogP contribution in [0.2, 0.25) is 0 Å². The molecule has 1 atom stereocenters. The first kappa shape index (κ1) is 20.9. The molecule has 10 heteroatoms. The molecule has 1 aliphatic rings. The topological polar surface area (TPSA) is 104 Å². The Labute approximate surface area is 184 Å². The molecule has 0 saturated heterocycles. The van der Waals surface area contributed by atoms with Crippen LogP contribution in [0.1, 0.15) is 30.3 Å². The van der Waals surface area contributed by atoms with Crippen molar-refractivity contribution in [2.24, 2.45) is 4.99 Å². The third-order valence-corrected chi connectivity index (χ3v) is 6.64. The first-order valence-corrected chi connectivity index (χ1v) is 11.1. The Balaban J connectivity index is 1.88. The third-order valence-electron chi connectivity index (χ3n) is 4.73. The second-order valence-electron chi connectivity index (χ2n) is 6.67. The average molecular weight is 456 g/mol. The van der Waals surface area contributed by atoms with E-state index < -0.39 is 16.9 Å². The van der Waals surface area contributed by atoms with E-state index in [0.717, 1.165) is 4.88 Å². The Morgan fingerprint density at radius 3 is 2.68 bits per heavy atom. The quantitative estimate of drug-likeness (QED) is 0.334. The van der Waals surface area contributed by atoms with Gasteiger partial charge in [0, 0.05) is 17.0 Å². The zero-order valence-corrected chi connectivity index (χ0v) is 18.2. The molecule has 0 spiro atoms. The molecule has 1 aliphatic heterocycles. The summed E-state index contributed by atoms with van der Waals surface area (Å²) in [5.74, 6) is -0.494. The number of thiophene rings is 1. The average Bonchev–Trinajstić information content (AvgIpc) is 3.36. The lowest BCUT2D eigenvalue weighted by atomic mass is 10.0. The van der Waals surface area contributed by atoms with Crippen LogP contribution in [-0.2, 0) is 9.53 Å². The maximum Gasteiger partial charge on any atom is 0.338 e. The molecule has 0 amide bonds. The number of benzene rings is 1. The van der Waals surface area contributed by atoms with E-state index in [2.05, 4.69) is 4.99 Å². The maximum atomic E-state index is 13.3. The number of thiazole rings is 1. The Morgan fingerprint density at radius 1 is 1.32 bits per heavy atom. The van der Waals surface area contributed by atoms with Gasteiger partial charge in [0.15, 0.2) is 4.80 Å². The van der Waals surface area contributed by atoms with Crippen molar-refractivity contribution >= 4 is 40.4 Å². The number of hydrogen-bond donors (Lipinski definition) is 0. The van der Waals surface area contributed by atoms with Crippen molar-refractivity contribution in [1.29, 1.82) is 0 Å². The lowest BCUT2D eigenvalue weighted by Crippen LogP contribution is -2.39. The highest BCUT2D eigenvalue weighted by Crippen LogP contribution is 2.33. The van der Waals surface area contributed by atoms with E-state index in [1.807, 2.05) is 17.5 Å². The van der Waals surface area contributed by atoms with Crippen LogP contribution in [0.3, 0.4) is 0 Å². The molecule has 1 aromatic carbocycles. The van der Waals surface area contributed by atoms with Crippen LogP contribution >= 0.6 is 22.7 Å². The maximum absolute atomic E-state index is 13.3. The SMILES string of the molecule is CCOC(=O)C1=C(C)N=c2s/c(=C\c3ccc([N+](=O)[O-])cc3)c(=O)n2[C@H]1c1cccs1. The van der Waals surface area contributed by atoms with Gasteiger partial charge in [0.2, 0.25) is 0 Å². The first-order valence-electron chi connectivity index (χ1n) is 9.38. The Bertz CT molecular complexity index is 1370. The van der Waals surface area contributed by atoms with Gasteiger partial charge < -0.3 is 4.74 Å². The van der Waals surface area contributed by atoms with E-state index >= 15 is 0 Å². The molecule has 8 nitrogen and oxygen atoms in total. The van der Waals surface area contributed by atoms with E-state index in [-0.39, 0.29) is 17.9 Å². The molecular formula is C21H17N3O5S2. The van der Waals surface area contributed by atoms with Crippen molar-refractivity contribution in [2.75, 3.05) is 6.61 Å². The van der Waals surface area contributed by atoms with Crippen LogP contribution < -0.4 is 14.9 Å². The van der Waals surface area contributed by atoms with E-state index in [0.29, 0.717) is 26.2 Å². The molecule has 0 unspecified atom stereocenters. The molecule has 0 radical (unpaired) electrons. The van der Waals surface area contributed by atoms with Crippen molar-refractivity contribution in [3.8, 4) is 0 Å². The molecule has 3 aromatic rings. The Hall–Kier alpha value is -3.37. The van der Waals surface area contributed by atoms with Gasteiger partial charge in [-0.2, -0.15) is 0 Å². The van der Waals surface area contributed by atoms with Crippen LogP contribution in [0.25, 0.3) is 6.08 Å². The molecule has 4 rings (SSSR count). The second kappa shape index (κ2) is 8.40. The monoisotopic (exact) mass is 455 g/mol. The summed E-state index contributed by atoms with van der Waals surface area (Å²) in [6.45, 7) is 3.69. The van der Waals surface area contributed by atoms with Crippen LogP contribution in [0, 0.1) is 10.1 Å². The summed E-state index contributed by atoms with van der Waals surface area (Å²) in [7, 11) is 0. The second-order valence-corrected chi connectivity index (χ2v) is 8.65. The molecule has 0 bridgehead atoms. The van der Waals surface area contributed by atoms with Gasteiger partial charge in [-0.15, -0.1) is 11.3 Å². The molecule has 0 aliphatic carbocycles. The largest absolute Gasteiger partial charge is 0.463 e. The number of carbonyl (C=O) groups is 1. The van der Waals surface area contributed by atoms with E-state index in [1.165, 1.54) is 39.4 Å². The predicted octanol–water partition coefficient (Wildman–Crippen LogP) is 2.77. The van der Waals surface area contributed by atoms with Crippen molar-refractivity contribution in [2.45, 2.75) is 19.9 Å². The van der Waals surface area contributed by atoms with Gasteiger partial charge >= 0.3 is 5.97 Å². The number of allylic oxidation sites excluding steroid dienone is 1. The summed E-state index contributed by atoms with van der Waals surface area (Å²) in [6.07, 6.45) is 1.67. The highest BCUT2D eigenvalue weighted by Gasteiger charge is 2.33. The van der Waals surface area contributed by atoms with Crippen LogP contribution in [-0.4, -0.2) is 22.1 Å². The lowest BCUT2D eigenvalue weighted by molar-refractivity contribution is -0.384. The van der Waals surface area contributed by atoms with Gasteiger partial charge in [-0.3, -0.25) is 19.5 Å². The molecule has 0 fully saturated rings. The fraction of sp³-hybridized carbons (Fsp3) is 0.190. The number of ether oxygens (including phenoxy) is 1. The fourth-order valence-electron chi connectivity index (χ4n) is 3.35. The lowest BCUT2D eigenvalue weighted by Gasteiger charge is -2.23. The number of esters is 1. The summed E-state index contributed by atoms with van der Waals surface area (Å²) in [6, 6.07) is 9.08. The van der Waals surface area contributed by atoms with Gasteiger partial charge in [0.05, 0.1) is 27.3 Å². The number of carbonyl (C=O) groups excluding carboxylic acids is 1. The minimum atomic E-state index is -0.616. The number of nitro groups is 1. The van der Waals surface area contributed by atoms with Crippen molar-refractivity contribution < 1.29 is 14.5 Å². The summed E-state index contributed by atoms with van der Waals surface area (Å²) >= 11 is 2.66. The number of fused-ring (bicyclic) bond motifs is 1. The van der Waals surface area contributed by atoms with E-state index in [1.54, 1.807) is 32.1 Å². The number of rotatable bonds is 5. The van der Waals surface area contributed by atoms with Crippen LogP contribution in [0.15, 0.2) is 62.8 Å². The van der Waals surface area contributed by atoms with Crippen LogP contribution in [0.4, 0.5) is 5.69 Å². The molecule has 0 saturated carbocycles. The first-order chi connectivity index (χ1) is 14.9. The van der Waals surface area contributed by atoms with E-state index in [9.17, 15) is 19.7 Å². The molecular weight excluding hydrogens is 438 g/mol. The van der Waals surface area contributed by atoms with Crippen LogP contribution in [0.5, 0.6) is 0 Å². The normalized spacial score (nSPS) is 16.1. The third kappa shape index (κ3) is 3.87. The van der Waals surface area contributed by atoms with Crippen molar-refractivity contribution in [3.63, 3.8) is 0 Å². The summed E-state index contributed by atoms with van der Waals surface area (Å²) in [5.41, 5.74) is 1.21. The van der Waals surface area contributed by atoms with Crippen molar-refractivity contribution in [3.05, 3.63) is 93.3 Å². The predicted molar refractivity (Wildman–Crippen MR) is 118 cm³/mol. The Kier molecular flexibility index (Phi) is 5.66. The molecule has 2 aromatic heterocycles. The minimum Gasteiger partial charge on any atom is -0.463 e. The number of aromatic nitrogens is 1. The molecule has 158 valence electrons. The summed E-state index contributed by atoms with van der Waals surface area (Å²) in [4.78, 5) is 42.3.